The first-order valence-electron chi connectivity index (χ1n) is 7.02. The fraction of sp³-hybridized carbons (Fsp3) is 0.429. The van der Waals surface area contributed by atoms with E-state index < -0.39 is 22.0 Å². The maximum Gasteiger partial charge on any atom is 0.322 e. The van der Waals surface area contributed by atoms with Crippen LogP contribution >= 0.6 is 22.7 Å². The highest BCUT2D eigenvalue weighted by Gasteiger charge is 2.30. The maximum atomic E-state index is 12.4. The van der Waals surface area contributed by atoms with Gasteiger partial charge in [-0.05, 0) is 25.0 Å². The molecule has 0 aliphatic rings. The Balaban J connectivity index is 2.26. The molecule has 0 bridgehead atoms. The van der Waals surface area contributed by atoms with E-state index in [0.29, 0.717) is 6.42 Å². The molecule has 0 aliphatic carbocycles. The van der Waals surface area contributed by atoms with Crippen LogP contribution in [-0.4, -0.2) is 30.5 Å². The first kappa shape index (κ1) is 18.1. The van der Waals surface area contributed by atoms with Gasteiger partial charge in [-0.3, -0.25) is 4.79 Å². The summed E-state index contributed by atoms with van der Waals surface area (Å²) < 4.78 is 27.3. The van der Waals surface area contributed by atoms with Crippen molar-refractivity contribution in [2.75, 3.05) is 0 Å². The van der Waals surface area contributed by atoms with Crippen molar-refractivity contribution in [2.45, 2.75) is 37.4 Å². The smallest absolute Gasteiger partial charge is 0.322 e. The van der Waals surface area contributed by atoms with Crippen LogP contribution in [0.5, 0.6) is 0 Å². The molecule has 2 N–H and O–H groups in total. The number of carbonyl (C=O) groups is 1. The maximum absolute atomic E-state index is 12.4. The molecular formula is C14H18N2O4S3. The van der Waals surface area contributed by atoms with Crippen molar-refractivity contribution in [1.82, 2.24) is 9.71 Å². The van der Waals surface area contributed by atoms with E-state index in [4.69, 9.17) is 0 Å². The van der Waals surface area contributed by atoms with Crippen LogP contribution in [0.1, 0.15) is 25.3 Å². The number of aryl methyl sites for hydroxylation is 1. The van der Waals surface area contributed by atoms with Gasteiger partial charge in [0.25, 0.3) is 10.0 Å². The lowest BCUT2D eigenvalue weighted by atomic mass is 10.0. The van der Waals surface area contributed by atoms with Gasteiger partial charge in [-0.15, -0.1) is 22.7 Å². The lowest BCUT2D eigenvalue weighted by Gasteiger charge is -2.19. The third-order valence-electron chi connectivity index (χ3n) is 3.48. The quantitative estimate of drug-likeness (QED) is 0.777. The van der Waals surface area contributed by atoms with Crippen molar-refractivity contribution in [3.05, 3.63) is 22.5 Å². The zero-order chi connectivity index (χ0) is 17.2. The second-order valence-electron chi connectivity index (χ2n) is 5.19. The number of rotatable bonds is 7. The number of hydrogen-bond donors (Lipinski definition) is 2. The molecule has 0 radical (unpaired) electrons. The van der Waals surface area contributed by atoms with Crippen LogP contribution in [0, 0.1) is 12.8 Å². The van der Waals surface area contributed by atoms with Crippen molar-refractivity contribution in [2.24, 2.45) is 5.92 Å². The van der Waals surface area contributed by atoms with Crippen LogP contribution < -0.4 is 4.72 Å². The Morgan fingerprint density at radius 1 is 1.43 bits per heavy atom. The SMILES string of the molecule is CC[C@H](C)[C@H](NS(=O)(=O)c1ccc(-c2csc(C)n2)s1)C(=O)O. The summed E-state index contributed by atoms with van der Waals surface area (Å²) in [6.45, 7) is 5.41. The molecule has 0 saturated carbocycles. The van der Waals surface area contributed by atoms with Gasteiger partial charge in [0.1, 0.15) is 10.3 Å². The van der Waals surface area contributed by atoms with Crippen LogP contribution in [0.2, 0.25) is 0 Å². The third-order valence-corrected chi connectivity index (χ3v) is 7.29. The molecular weight excluding hydrogens is 356 g/mol. The molecule has 23 heavy (non-hydrogen) atoms. The number of nitrogens with one attached hydrogen (secondary N) is 1. The fourth-order valence-electron chi connectivity index (χ4n) is 1.95. The monoisotopic (exact) mass is 374 g/mol. The van der Waals surface area contributed by atoms with Gasteiger partial charge in [0, 0.05) is 5.38 Å². The molecule has 126 valence electrons. The Bertz CT molecular complexity index is 795. The predicted molar refractivity (Wildman–Crippen MR) is 91.4 cm³/mol. The minimum absolute atomic E-state index is 0.0905. The number of hydrogen-bond acceptors (Lipinski definition) is 6. The Labute approximate surface area is 143 Å². The largest absolute Gasteiger partial charge is 0.480 e. The number of sulfonamides is 1. The summed E-state index contributed by atoms with van der Waals surface area (Å²) in [6.07, 6.45) is 0.563. The van der Waals surface area contributed by atoms with Gasteiger partial charge < -0.3 is 5.11 Å². The van der Waals surface area contributed by atoms with Crippen molar-refractivity contribution >= 4 is 38.7 Å². The summed E-state index contributed by atoms with van der Waals surface area (Å²) in [4.78, 5) is 16.4. The number of aliphatic carboxylic acids is 1. The molecule has 0 spiro atoms. The molecule has 0 unspecified atom stereocenters. The lowest BCUT2D eigenvalue weighted by molar-refractivity contribution is -0.140. The molecule has 0 aliphatic heterocycles. The Hall–Kier alpha value is -1.29. The second kappa shape index (κ2) is 7.08. The molecule has 9 heteroatoms. The number of thiophene rings is 1. The van der Waals surface area contributed by atoms with E-state index >= 15 is 0 Å². The number of carboxylic acid groups (broad SMARTS) is 1. The van der Waals surface area contributed by atoms with Gasteiger partial charge in [-0.1, -0.05) is 20.3 Å². The number of carboxylic acids is 1. The summed E-state index contributed by atoms with van der Waals surface area (Å²) in [7, 11) is -3.88. The second-order valence-corrected chi connectivity index (χ2v) is 9.28. The van der Waals surface area contributed by atoms with E-state index in [1.807, 2.05) is 19.2 Å². The van der Waals surface area contributed by atoms with Gasteiger partial charge in [0.05, 0.1) is 15.6 Å². The summed E-state index contributed by atoms with van der Waals surface area (Å²) in [5, 5.41) is 12.0. The standard InChI is InChI=1S/C14H18N2O4S3/c1-4-8(2)13(14(17)18)16-23(19,20)12-6-5-11(22-12)10-7-21-9(3)15-10/h5-8,13,16H,4H2,1-3H3,(H,17,18)/t8-,13-/m0/s1. The zero-order valence-electron chi connectivity index (χ0n) is 12.9. The molecule has 2 aromatic heterocycles. The van der Waals surface area contributed by atoms with E-state index in [1.54, 1.807) is 13.0 Å². The van der Waals surface area contributed by atoms with E-state index in [1.165, 1.54) is 17.4 Å². The van der Waals surface area contributed by atoms with Crippen LogP contribution in [0.15, 0.2) is 21.7 Å². The lowest BCUT2D eigenvalue weighted by Crippen LogP contribution is -2.44. The van der Waals surface area contributed by atoms with Crippen LogP contribution in [0.4, 0.5) is 0 Å². The van der Waals surface area contributed by atoms with Crippen molar-refractivity contribution < 1.29 is 18.3 Å². The Kier molecular flexibility index (Phi) is 5.56. The average molecular weight is 375 g/mol. The molecule has 0 aromatic carbocycles. The zero-order valence-corrected chi connectivity index (χ0v) is 15.4. The van der Waals surface area contributed by atoms with Crippen molar-refractivity contribution in [3.63, 3.8) is 0 Å². The molecule has 0 amide bonds. The Morgan fingerprint density at radius 2 is 2.13 bits per heavy atom. The topological polar surface area (TPSA) is 96.4 Å². The van der Waals surface area contributed by atoms with Gasteiger partial charge >= 0.3 is 5.97 Å². The molecule has 2 heterocycles. The van der Waals surface area contributed by atoms with Gasteiger partial charge in [0.15, 0.2) is 0 Å². The highest BCUT2D eigenvalue weighted by molar-refractivity contribution is 7.91. The van der Waals surface area contributed by atoms with Crippen molar-refractivity contribution in [1.29, 1.82) is 0 Å². The van der Waals surface area contributed by atoms with Crippen LogP contribution in [-0.2, 0) is 14.8 Å². The molecule has 6 nitrogen and oxygen atoms in total. The predicted octanol–water partition coefficient (Wildman–Crippen LogP) is 2.96. The summed E-state index contributed by atoms with van der Waals surface area (Å²) in [6, 6.07) is 2.02. The van der Waals surface area contributed by atoms with Gasteiger partial charge in [-0.25, -0.2) is 13.4 Å². The summed E-state index contributed by atoms with van der Waals surface area (Å²) in [5.41, 5.74) is 0.732. The van der Waals surface area contributed by atoms with E-state index in [2.05, 4.69) is 9.71 Å². The van der Waals surface area contributed by atoms with Crippen LogP contribution in [0.3, 0.4) is 0 Å². The average Bonchev–Trinajstić information content (AvgIpc) is 3.12. The van der Waals surface area contributed by atoms with E-state index in [-0.39, 0.29) is 10.1 Å². The molecule has 0 fully saturated rings. The number of nitrogens with zero attached hydrogens (tertiary/aromatic N) is 1. The first-order valence-corrected chi connectivity index (χ1v) is 10.2. The molecule has 0 saturated heterocycles. The first-order chi connectivity index (χ1) is 10.7. The number of thiazole rings is 1. The van der Waals surface area contributed by atoms with E-state index in [9.17, 15) is 18.3 Å². The molecule has 2 atom stereocenters. The normalized spacial score (nSPS) is 14.6. The minimum Gasteiger partial charge on any atom is -0.480 e. The highest BCUT2D eigenvalue weighted by atomic mass is 32.2. The number of aromatic nitrogens is 1. The fourth-order valence-corrected chi connectivity index (χ4v) is 5.22. The van der Waals surface area contributed by atoms with E-state index in [0.717, 1.165) is 26.9 Å². The van der Waals surface area contributed by atoms with Gasteiger partial charge in [-0.2, -0.15) is 4.72 Å². The minimum atomic E-state index is -3.88. The summed E-state index contributed by atoms with van der Waals surface area (Å²) in [5.74, 6) is -1.47. The van der Waals surface area contributed by atoms with Crippen LogP contribution in [0.25, 0.3) is 10.6 Å². The highest BCUT2D eigenvalue weighted by Crippen LogP contribution is 2.31. The molecule has 2 rings (SSSR count). The van der Waals surface area contributed by atoms with Crippen molar-refractivity contribution in [3.8, 4) is 10.6 Å². The summed E-state index contributed by atoms with van der Waals surface area (Å²) >= 11 is 2.57. The third kappa shape index (κ3) is 4.17. The molecule has 2 aromatic rings. The van der Waals surface area contributed by atoms with Gasteiger partial charge in [0.2, 0.25) is 0 Å². The Morgan fingerprint density at radius 3 is 2.65 bits per heavy atom.